The van der Waals surface area contributed by atoms with Gasteiger partial charge < -0.3 is 14.5 Å². The maximum absolute atomic E-state index is 12.9. The molecule has 2 aliphatic rings. The van der Waals surface area contributed by atoms with Gasteiger partial charge in [0.25, 0.3) is 5.91 Å². The minimum Gasteiger partial charge on any atom is -0.447 e. The maximum Gasteiger partial charge on any atom is 0.522 e. The van der Waals surface area contributed by atoms with Crippen molar-refractivity contribution in [2.24, 2.45) is 5.41 Å². The molecule has 0 unspecified atom stereocenters. The van der Waals surface area contributed by atoms with E-state index in [1.807, 2.05) is 0 Å². The molecular weight excluding hydrogens is 512 g/mol. The summed E-state index contributed by atoms with van der Waals surface area (Å²) < 4.78 is 88.4. The molecule has 37 heavy (non-hydrogen) atoms. The van der Waals surface area contributed by atoms with Crippen LogP contribution in [0.3, 0.4) is 0 Å². The highest BCUT2D eigenvalue weighted by Gasteiger charge is 2.55. The van der Waals surface area contributed by atoms with E-state index in [1.54, 1.807) is 0 Å². The number of amides is 1. The topological polar surface area (TPSA) is 112 Å². The summed E-state index contributed by atoms with van der Waals surface area (Å²) >= 11 is 0. The molecule has 2 fully saturated rings. The summed E-state index contributed by atoms with van der Waals surface area (Å²) in [6, 6.07) is 2.86. The highest BCUT2D eigenvalue weighted by Crippen LogP contribution is 2.61. The zero-order valence-electron chi connectivity index (χ0n) is 18.9. The van der Waals surface area contributed by atoms with Crippen molar-refractivity contribution in [3.8, 4) is 6.08 Å². The average molecular weight is 531 g/mol. The normalized spacial score (nSPS) is 23.5. The predicted molar refractivity (Wildman–Crippen MR) is 111 cm³/mol. The molecule has 3 aromatic rings. The first kappa shape index (κ1) is 25.2. The number of aromatic nitrogens is 4. The summed E-state index contributed by atoms with van der Waals surface area (Å²) in [7, 11) is 0. The first-order valence-electron chi connectivity index (χ1n) is 11.2. The second-order valence-corrected chi connectivity index (χ2v) is 9.19. The second-order valence-electron chi connectivity index (χ2n) is 9.19. The number of alkyl halides is 6. The fourth-order valence-corrected chi connectivity index (χ4v) is 4.87. The Morgan fingerprint density at radius 1 is 1.05 bits per heavy atom. The first-order chi connectivity index (χ1) is 17.4. The van der Waals surface area contributed by atoms with Crippen molar-refractivity contribution in [3.63, 3.8) is 0 Å². The summed E-state index contributed by atoms with van der Waals surface area (Å²) in [4.78, 5) is 20.7. The van der Waals surface area contributed by atoms with Crippen molar-refractivity contribution in [2.45, 2.75) is 50.2 Å². The van der Waals surface area contributed by atoms with E-state index in [9.17, 15) is 31.1 Å². The minimum absolute atomic E-state index is 0.0127. The van der Waals surface area contributed by atoms with Gasteiger partial charge in [0.15, 0.2) is 0 Å². The Morgan fingerprint density at radius 2 is 1.81 bits per heavy atom. The highest BCUT2D eigenvalue weighted by atomic mass is 19.4. The van der Waals surface area contributed by atoms with Crippen LogP contribution in [0.2, 0.25) is 0 Å². The van der Waals surface area contributed by atoms with Crippen LogP contribution in [-0.4, -0.2) is 51.7 Å². The third-order valence-corrected chi connectivity index (χ3v) is 6.50. The number of ether oxygens (including phenoxy) is 2. The van der Waals surface area contributed by atoms with E-state index in [-0.39, 0.29) is 40.2 Å². The van der Waals surface area contributed by atoms with E-state index in [0.717, 1.165) is 44.0 Å². The molecule has 0 aliphatic heterocycles. The number of carbonyl (C=O) groups excluding carboxylic acids is 1. The van der Waals surface area contributed by atoms with Crippen LogP contribution < -0.4 is 10.1 Å². The van der Waals surface area contributed by atoms with E-state index >= 15 is 0 Å². The zero-order valence-corrected chi connectivity index (χ0v) is 18.9. The van der Waals surface area contributed by atoms with Crippen LogP contribution in [0.4, 0.5) is 26.3 Å². The van der Waals surface area contributed by atoms with E-state index < -0.39 is 37.2 Å². The minimum atomic E-state index is -4.74. The Balaban J connectivity index is 1.08. The molecule has 2 aliphatic carbocycles. The molecule has 2 saturated carbocycles. The van der Waals surface area contributed by atoms with Crippen molar-refractivity contribution in [2.75, 3.05) is 13.2 Å². The standard InChI is InChI=1S/C22H19F6N5O4/c23-21(24,25)12-1-2-14-15(5-12)29-10-16(31-14)17(34)30-13-8-20(9-13)6-11(7-20)18-32-33-19(37-18)35-3-4-36-22(26,27)28/h1-2,5,10-11,13H,3-4,6-9H2,(H,30,34). The Morgan fingerprint density at radius 3 is 2.51 bits per heavy atom. The van der Waals surface area contributed by atoms with Gasteiger partial charge in [0.05, 0.1) is 29.4 Å². The molecule has 2 heterocycles. The van der Waals surface area contributed by atoms with E-state index in [0.29, 0.717) is 5.89 Å². The summed E-state index contributed by atoms with van der Waals surface area (Å²) in [5.74, 6) is -0.135. The van der Waals surface area contributed by atoms with Crippen LogP contribution in [0.25, 0.3) is 11.0 Å². The van der Waals surface area contributed by atoms with E-state index in [4.69, 9.17) is 9.15 Å². The van der Waals surface area contributed by atoms with Gasteiger partial charge in [-0.05, 0) is 49.3 Å². The van der Waals surface area contributed by atoms with E-state index in [1.165, 1.54) is 6.07 Å². The van der Waals surface area contributed by atoms with Crippen molar-refractivity contribution in [3.05, 3.63) is 41.5 Å². The number of fused-ring (bicyclic) bond motifs is 1. The Kier molecular flexibility index (Phi) is 6.20. The fourth-order valence-electron chi connectivity index (χ4n) is 4.87. The van der Waals surface area contributed by atoms with Crippen LogP contribution in [0, 0.1) is 5.41 Å². The zero-order chi connectivity index (χ0) is 26.4. The van der Waals surface area contributed by atoms with Crippen molar-refractivity contribution in [1.29, 1.82) is 0 Å². The van der Waals surface area contributed by atoms with Crippen LogP contribution in [0.1, 0.15) is 53.5 Å². The Labute approximate surface area is 204 Å². The summed E-state index contributed by atoms with van der Waals surface area (Å²) in [5, 5.41) is 10.4. The van der Waals surface area contributed by atoms with Gasteiger partial charge in [-0.2, -0.15) is 13.2 Å². The number of hydrogen-bond donors (Lipinski definition) is 1. The molecule has 0 radical (unpaired) electrons. The summed E-state index contributed by atoms with van der Waals surface area (Å²) in [5.41, 5.74) is -0.590. The fraction of sp³-hybridized carbons (Fsp3) is 0.500. The molecule has 1 aromatic carbocycles. The Bertz CT molecular complexity index is 1300. The number of halogens is 6. The lowest BCUT2D eigenvalue weighted by Crippen LogP contribution is -2.55. The average Bonchev–Trinajstić information content (AvgIpc) is 3.23. The predicted octanol–water partition coefficient (Wildman–Crippen LogP) is 4.40. The molecule has 0 saturated heterocycles. The van der Waals surface area contributed by atoms with Crippen molar-refractivity contribution in [1.82, 2.24) is 25.5 Å². The molecule has 9 nitrogen and oxygen atoms in total. The monoisotopic (exact) mass is 531 g/mol. The number of hydrogen-bond acceptors (Lipinski definition) is 8. The third kappa shape index (κ3) is 5.60. The SMILES string of the molecule is O=C(NC1CC2(C1)CC(c1nnc(OCCOC(F)(F)F)o1)C2)c1cnc2cc(C(F)(F)F)ccc2n1. The number of rotatable bonds is 7. The second kappa shape index (κ2) is 9.11. The third-order valence-electron chi connectivity index (χ3n) is 6.50. The van der Waals surface area contributed by atoms with Gasteiger partial charge in [0.1, 0.15) is 12.3 Å². The lowest BCUT2D eigenvalue weighted by atomic mass is 9.50. The maximum atomic E-state index is 12.9. The van der Waals surface area contributed by atoms with Gasteiger partial charge in [-0.15, -0.1) is 18.3 Å². The molecule has 1 amide bonds. The molecule has 1 spiro atoms. The molecule has 0 bridgehead atoms. The summed E-state index contributed by atoms with van der Waals surface area (Å²) in [6.07, 6.45) is -5.39. The van der Waals surface area contributed by atoms with Gasteiger partial charge in [-0.25, -0.2) is 4.98 Å². The highest BCUT2D eigenvalue weighted by molar-refractivity contribution is 5.94. The molecule has 1 N–H and O–H groups in total. The molecule has 0 atom stereocenters. The van der Waals surface area contributed by atoms with Gasteiger partial charge in [-0.3, -0.25) is 14.5 Å². The number of benzene rings is 1. The lowest BCUT2D eigenvalue weighted by molar-refractivity contribution is -0.325. The Hall–Kier alpha value is -3.49. The molecule has 198 valence electrons. The molecule has 2 aromatic heterocycles. The van der Waals surface area contributed by atoms with E-state index in [2.05, 4.69) is 30.2 Å². The smallest absolute Gasteiger partial charge is 0.447 e. The van der Waals surface area contributed by atoms with Crippen molar-refractivity contribution < 1.29 is 45.0 Å². The number of carbonyl (C=O) groups is 1. The van der Waals surface area contributed by atoms with Crippen LogP contribution >= 0.6 is 0 Å². The first-order valence-corrected chi connectivity index (χ1v) is 11.2. The number of nitrogens with zero attached hydrogens (tertiary/aromatic N) is 4. The molecule has 5 rings (SSSR count). The molecule has 15 heteroatoms. The lowest BCUT2D eigenvalue weighted by Gasteiger charge is -2.56. The largest absolute Gasteiger partial charge is 0.522 e. The molecular formula is C22H19F6N5O4. The quantitative estimate of drug-likeness (QED) is 0.353. The van der Waals surface area contributed by atoms with Gasteiger partial charge >= 0.3 is 18.6 Å². The van der Waals surface area contributed by atoms with Gasteiger partial charge in [0.2, 0.25) is 5.89 Å². The van der Waals surface area contributed by atoms with Crippen LogP contribution in [-0.2, 0) is 10.9 Å². The van der Waals surface area contributed by atoms with Crippen LogP contribution in [0.15, 0.2) is 28.8 Å². The van der Waals surface area contributed by atoms with Crippen molar-refractivity contribution >= 4 is 16.9 Å². The van der Waals surface area contributed by atoms with Crippen LogP contribution in [0.5, 0.6) is 6.08 Å². The summed E-state index contributed by atoms with van der Waals surface area (Å²) in [6.45, 7) is -1.10. The van der Waals surface area contributed by atoms with Gasteiger partial charge in [0, 0.05) is 12.0 Å². The number of nitrogens with one attached hydrogen (secondary N) is 1. The van der Waals surface area contributed by atoms with Gasteiger partial charge in [-0.1, -0.05) is 5.10 Å².